The molecular weight excluding hydrogens is 371 g/mol. The van der Waals surface area contributed by atoms with Crippen LogP contribution in [0, 0.1) is 12.7 Å². The molecule has 2 N–H and O–H groups in total. The second kappa shape index (κ2) is 7.66. The van der Waals surface area contributed by atoms with Crippen LogP contribution in [0.2, 0.25) is 0 Å². The Balaban J connectivity index is 1.69. The highest BCUT2D eigenvalue weighted by molar-refractivity contribution is 7.89. The van der Waals surface area contributed by atoms with Crippen molar-refractivity contribution in [2.24, 2.45) is 0 Å². The van der Waals surface area contributed by atoms with Gasteiger partial charge in [0.1, 0.15) is 11.6 Å². The van der Waals surface area contributed by atoms with Gasteiger partial charge in [-0.05, 0) is 49.9 Å². The third-order valence-electron chi connectivity index (χ3n) is 4.37. The lowest BCUT2D eigenvalue weighted by Gasteiger charge is -2.24. The van der Waals surface area contributed by atoms with Crippen LogP contribution in [0.1, 0.15) is 24.5 Å². The van der Waals surface area contributed by atoms with Crippen molar-refractivity contribution >= 4 is 21.6 Å². The van der Waals surface area contributed by atoms with Crippen molar-refractivity contribution in [1.29, 1.82) is 0 Å². The molecule has 6 nitrogen and oxygen atoms in total. The number of anilines is 1. The van der Waals surface area contributed by atoms with Gasteiger partial charge in [0.05, 0.1) is 10.6 Å². The number of halogens is 1. The van der Waals surface area contributed by atoms with Crippen molar-refractivity contribution in [1.82, 2.24) is 4.72 Å². The van der Waals surface area contributed by atoms with E-state index in [1.54, 1.807) is 38.1 Å². The third-order valence-corrected chi connectivity index (χ3v) is 5.97. The van der Waals surface area contributed by atoms with E-state index < -0.39 is 16.1 Å². The number of benzene rings is 2. The maximum atomic E-state index is 13.6. The van der Waals surface area contributed by atoms with Gasteiger partial charge in [-0.15, -0.1) is 0 Å². The molecule has 27 heavy (non-hydrogen) atoms. The van der Waals surface area contributed by atoms with Gasteiger partial charge in [0, 0.05) is 12.6 Å². The monoisotopic (exact) mass is 392 g/mol. The van der Waals surface area contributed by atoms with Crippen LogP contribution >= 0.6 is 0 Å². The van der Waals surface area contributed by atoms with Gasteiger partial charge in [-0.25, -0.2) is 17.5 Å². The highest BCUT2D eigenvalue weighted by Gasteiger charge is 2.27. The SMILES string of the molecule is Cc1cc2c(cc1S(=O)(=O)NCCCc1ccccc1F)OC(C)C(=O)N2. The maximum absolute atomic E-state index is 13.6. The molecule has 0 spiro atoms. The Morgan fingerprint density at radius 1 is 1.26 bits per heavy atom. The molecule has 1 aliphatic rings. The molecule has 1 aliphatic heterocycles. The quantitative estimate of drug-likeness (QED) is 0.741. The lowest BCUT2D eigenvalue weighted by atomic mass is 10.1. The number of ether oxygens (including phenoxy) is 1. The zero-order chi connectivity index (χ0) is 19.6. The van der Waals surface area contributed by atoms with Crippen LogP contribution in [0.3, 0.4) is 0 Å². The zero-order valence-electron chi connectivity index (χ0n) is 15.1. The normalized spacial score (nSPS) is 16.4. The van der Waals surface area contributed by atoms with E-state index >= 15 is 0 Å². The predicted octanol–water partition coefficient (Wildman–Crippen LogP) is 2.76. The fourth-order valence-corrected chi connectivity index (χ4v) is 4.21. The molecule has 0 saturated heterocycles. The molecule has 0 aliphatic carbocycles. The van der Waals surface area contributed by atoms with Gasteiger partial charge < -0.3 is 10.1 Å². The summed E-state index contributed by atoms with van der Waals surface area (Å²) >= 11 is 0. The number of carbonyl (C=O) groups is 1. The Labute approximate surface area is 157 Å². The van der Waals surface area contributed by atoms with E-state index in [1.165, 1.54) is 12.1 Å². The number of sulfonamides is 1. The van der Waals surface area contributed by atoms with Crippen LogP contribution in [-0.4, -0.2) is 27.0 Å². The number of fused-ring (bicyclic) bond motifs is 1. The molecule has 2 aromatic carbocycles. The van der Waals surface area contributed by atoms with Crippen molar-refractivity contribution in [2.75, 3.05) is 11.9 Å². The summed E-state index contributed by atoms with van der Waals surface area (Å²) in [7, 11) is -3.76. The van der Waals surface area contributed by atoms with Crippen molar-refractivity contribution in [3.05, 3.63) is 53.3 Å². The standard InChI is InChI=1S/C19H21FN2O4S/c1-12-10-16-17(26-13(2)19(23)22-16)11-18(12)27(24,25)21-9-5-7-14-6-3-4-8-15(14)20/h3-4,6,8,10-11,13,21H,5,7,9H2,1-2H3,(H,22,23). The summed E-state index contributed by atoms with van der Waals surface area (Å²) in [6.45, 7) is 3.42. The minimum atomic E-state index is -3.76. The van der Waals surface area contributed by atoms with Crippen LogP contribution in [0.4, 0.5) is 10.1 Å². The van der Waals surface area contributed by atoms with E-state index in [0.29, 0.717) is 35.4 Å². The van der Waals surface area contributed by atoms with E-state index in [4.69, 9.17) is 4.74 Å². The lowest BCUT2D eigenvalue weighted by Crippen LogP contribution is -2.34. The third kappa shape index (κ3) is 4.28. The van der Waals surface area contributed by atoms with Crippen molar-refractivity contribution in [3.8, 4) is 5.75 Å². The van der Waals surface area contributed by atoms with E-state index in [0.717, 1.165) is 0 Å². The molecule has 0 fully saturated rings. The number of carbonyl (C=O) groups excluding carboxylic acids is 1. The first-order valence-electron chi connectivity index (χ1n) is 8.63. The predicted molar refractivity (Wildman–Crippen MR) is 99.8 cm³/mol. The molecule has 1 atom stereocenters. The second-order valence-corrected chi connectivity index (χ2v) is 8.19. The first-order chi connectivity index (χ1) is 12.8. The van der Waals surface area contributed by atoms with E-state index in [2.05, 4.69) is 10.0 Å². The molecule has 0 aromatic heterocycles. The van der Waals surface area contributed by atoms with Crippen molar-refractivity contribution < 1.29 is 22.3 Å². The Kier molecular flexibility index (Phi) is 5.48. The summed E-state index contributed by atoms with van der Waals surface area (Å²) in [4.78, 5) is 11.8. The summed E-state index contributed by atoms with van der Waals surface area (Å²) in [6, 6.07) is 9.43. The van der Waals surface area contributed by atoms with E-state index in [9.17, 15) is 17.6 Å². The Bertz CT molecular complexity index is 976. The fraction of sp³-hybridized carbons (Fsp3) is 0.316. The van der Waals surface area contributed by atoms with E-state index in [-0.39, 0.29) is 23.2 Å². The zero-order valence-corrected chi connectivity index (χ0v) is 15.9. The van der Waals surface area contributed by atoms with Crippen LogP contribution in [-0.2, 0) is 21.2 Å². The molecule has 144 valence electrons. The first kappa shape index (κ1) is 19.3. The Hall–Kier alpha value is -2.45. The van der Waals surface area contributed by atoms with Crippen LogP contribution < -0.4 is 14.8 Å². The molecule has 0 radical (unpaired) electrons. The molecule has 3 rings (SSSR count). The average molecular weight is 392 g/mol. The van der Waals surface area contributed by atoms with Gasteiger partial charge in [0.25, 0.3) is 5.91 Å². The number of hydrogen-bond donors (Lipinski definition) is 2. The topological polar surface area (TPSA) is 84.5 Å². The molecule has 2 aromatic rings. The summed E-state index contributed by atoms with van der Waals surface area (Å²) in [6.07, 6.45) is 0.211. The molecule has 0 saturated carbocycles. The van der Waals surface area contributed by atoms with Gasteiger partial charge in [0.15, 0.2) is 6.10 Å². The number of aryl methyl sites for hydroxylation is 2. The molecule has 1 heterocycles. The second-order valence-electron chi connectivity index (χ2n) is 6.46. The van der Waals surface area contributed by atoms with Crippen LogP contribution in [0.25, 0.3) is 0 Å². The first-order valence-corrected chi connectivity index (χ1v) is 10.1. The smallest absolute Gasteiger partial charge is 0.265 e. The van der Waals surface area contributed by atoms with Gasteiger partial charge in [-0.2, -0.15) is 0 Å². The van der Waals surface area contributed by atoms with Gasteiger partial charge in [0.2, 0.25) is 10.0 Å². The summed E-state index contributed by atoms with van der Waals surface area (Å²) in [5, 5.41) is 2.69. The highest BCUT2D eigenvalue weighted by Crippen LogP contribution is 2.34. The largest absolute Gasteiger partial charge is 0.479 e. The molecule has 1 unspecified atom stereocenters. The average Bonchev–Trinajstić information content (AvgIpc) is 2.61. The highest BCUT2D eigenvalue weighted by atomic mass is 32.2. The lowest BCUT2D eigenvalue weighted by molar-refractivity contribution is -0.122. The van der Waals surface area contributed by atoms with Gasteiger partial charge in [-0.3, -0.25) is 4.79 Å². The van der Waals surface area contributed by atoms with Crippen LogP contribution in [0.5, 0.6) is 5.75 Å². The maximum Gasteiger partial charge on any atom is 0.265 e. The Morgan fingerprint density at radius 2 is 2.00 bits per heavy atom. The van der Waals surface area contributed by atoms with Crippen LogP contribution in [0.15, 0.2) is 41.3 Å². The minimum Gasteiger partial charge on any atom is -0.479 e. The van der Waals surface area contributed by atoms with Gasteiger partial charge >= 0.3 is 0 Å². The minimum absolute atomic E-state index is 0.0930. The Morgan fingerprint density at radius 3 is 2.74 bits per heavy atom. The number of rotatable bonds is 6. The number of amides is 1. The number of hydrogen-bond acceptors (Lipinski definition) is 4. The molecule has 1 amide bonds. The molecule has 0 bridgehead atoms. The summed E-state index contributed by atoms with van der Waals surface area (Å²) in [5.41, 5.74) is 1.50. The van der Waals surface area contributed by atoms with Crippen molar-refractivity contribution in [2.45, 2.75) is 37.7 Å². The summed E-state index contributed by atoms with van der Waals surface area (Å²) < 4.78 is 46.9. The van der Waals surface area contributed by atoms with Gasteiger partial charge in [-0.1, -0.05) is 18.2 Å². The summed E-state index contributed by atoms with van der Waals surface area (Å²) in [5.74, 6) is -0.248. The van der Waals surface area contributed by atoms with Crippen molar-refractivity contribution in [3.63, 3.8) is 0 Å². The van der Waals surface area contributed by atoms with E-state index in [1.807, 2.05) is 0 Å². The molecule has 8 heteroatoms. The fourth-order valence-electron chi connectivity index (χ4n) is 2.90. The molecular formula is C19H21FN2O4S. The number of nitrogens with one attached hydrogen (secondary N) is 2.